The van der Waals surface area contributed by atoms with Crippen molar-refractivity contribution >= 4 is 0 Å². The molecule has 0 radical (unpaired) electrons. The van der Waals surface area contributed by atoms with Crippen LogP contribution in [0.3, 0.4) is 0 Å². The fourth-order valence-electron chi connectivity index (χ4n) is 6.65. The van der Waals surface area contributed by atoms with E-state index in [1.54, 1.807) is 0 Å². The van der Waals surface area contributed by atoms with Crippen LogP contribution in [0.2, 0.25) is 0 Å². The summed E-state index contributed by atoms with van der Waals surface area (Å²) in [5, 5.41) is 3.99. The largest absolute Gasteiger partial charge is 0.314 e. The van der Waals surface area contributed by atoms with E-state index in [0.29, 0.717) is 11.5 Å². The van der Waals surface area contributed by atoms with Crippen molar-refractivity contribution in [2.24, 2.45) is 35.0 Å². The predicted molar refractivity (Wildman–Crippen MR) is 148 cm³/mol. The first-order chi connectivity index (χ1) is 15.2. The van der Waals surface area contributed by atoms with Crippen LogP contribution in [0.1, 0.15) is 153 Å². The molecular weight excluding hydrogens is 386 g/mol. The van der Waals surface area contributed by atoms with E-state index in [9.17, 15) is 0 Å². The highest BCUT2D eigenvalue weighted by Gasteiger charge is 2.35. The lowest BCUT2D eigenvalue weighted by Crippen LogP contribution is -2.38. The number of rotatable bonds is 21. The summed E-state index contributed by atoms with van der Waals surface area (Å²) in [5.41, 5.74) is 0.514. The van der Waals surface area contributed by atoms with Crippen LogP contribution < -0.4 is 5.32 Å². The molecule has 0 saturated heterocycles. The predicted octanol–water partition coefficient (Wildman–Crippen LogP) is 10.3. The van der Waals surface area contributed by atoms with E-state index in [-0.39, 0.29) is 0 Å². The highest BCUT2D eigenvalue weighted by Crippen LogP contribution is 2.44. The Labute approximate surface area is 205 Å². The molecule has 194 valence electrons. The fraction of sp³-hybridized carbons (Fsp3) is 1.00. The minimum Gasteiger partial charge on any atom is -0.314 e. The Kier molecular flexibility index (Phi) is 18.3. The summed E-state index contributed by atoms with van der Waals surface area (Å²) in [6.45, 7) is 25.6. The topological polar surface area (TPSA) is 12.0 Å². The maximum Gasteiger partial charge on any atom is 0.00670 e. The van der Waals surface area contributed by atoms with Crippen LogP contribution in [0.25, 0.3) is 0 Å². The monoisotopic (exact) mass is 452 g/mol. The van der Waals surface area contributed by atoms with Gasteiger partial charge in [0.2, 0.25) is 0 Å². The van der Waals surface area contributed by atoms with Crippen molar-refractivity contribution in [1.82, 2.24) is 5.32 Å². The Hall–Kier alpha value is -0.0400. The number of nitrogens with one attached hydrogen (secondary N) is 1. The molecule has 0 aromatic carbocycles. The molecule has 0 heterocycles. The Morgan fingerprint density at radius 2 is 1.31 bits per heavy atom. The molecule has 0 amide bonds. The molecule has 0 aromatic heterocycles. The van der Waals surface area contributed by atoms with Crippen molar-refractivity contribution in [2.75, 3.05) is 6.54 Å². The zero-order valence-corrected chi connectivity index (χ0v) is 24.4. The first kappa shape index (κ1) is 32.0. The molecule has 0 aliphatic carbocycles. The summed E-state index contributed by atoms with van der Waals surface area (Å²) < 4.78 is 0. The zero-order valence-electron chi connectivity index (χ0n) is 24.4. The van der Waals surface area contributed by atoms with Gasteiger partial charge < -0.3 is 5.32 Å². The van der Waals surface area contributed by atoms with Crippen LogP contribution in [-0.4, -0.2) is 12.6 Å². The van der Waals surface area contributed by atoms with Crippen LogP contribution in [0, 0.1) is 35.0 Å². The van der Waals surface area contributed by atoms with Crippen molar-refractivity contribution in [1.29, 1.82) is 0 Å². The van der Waals surface area contributed by atoms with Crippen molar-refractivity contribution in [3.63, 3.8) is 0 Å². The SMILES string of the molecule is CCCCCC(C)(CC)C(CC)C(C)CC(CCC)C(C)NCCC(CCC)C(C)CC. The average molecular weight is 452 g/mol. The quantitative estimate of drug-likeness (QED) is 0.171. The summed E-state index contributed by atoms with van der Waals surface area (Å²) in [4.78, 5) is 0. The Morgan fingerprint density at radius 3 is 1.81 bits per heavy atom. The molecule has 1 nitrogen and oxygen atoms in total. The number of hydrogen-bond donors (Lipinski definition) is 1. The van der Waals surface area contributed by atoms with Crippen LogP contribution in [0.15, 0.2) is 0 Å². The van der Waals surface area contributed by atoms with Gasteiger partial charge in [-0.1, -0.05) is 120 Å². The normalized spacial score (nSPS) is 19.7. The van der Waals surface area contributed by atoms with E-state index >= 15 is 0 Å². The lowest BCUT2D eigenvalue weighted by atomic mass is 9.64. The van der Waals surface area contributed by atoms with E-state index < -0.39 is 0 Å². The summed E-state index contributed by atoms with van der Waals surface area (Å²) in [7, 11) is 0. The van der Waals surface area contributed by atoms with Crippen molar-refractivity contribution in [2.45, 2.75) is 159 Å². The molecule has 0 rings (SSSR count). The second kappa shape index (κ2) is 18.3. The van der Waals surface area contributed by atoms with Crippen LogP contribution >= 0.6 is 0 Å². The van der Waals surface area contributed by atoms with Gasteiger partial charge in [-0.15, -0.1) is 0 Å². The van der Waals surface area contributed by atoms with Crippen LogP contribution in [-0.2, 0) is 0 Å². The van der Waals surface area contributed by atoms with E-state index in [0.717, 1.165) is 29.6 Å². The van der Waals surface area contributed by atoms with Crippen LogP contribution in [0.5, 0.6) is 0 Å². The van der Waals surface area contributed by atoms with Gasteiger partial charge in [0, 0.05) is 6.04 Å². The molecule has 7 unspecified atom stereocenters. The van der Waals surface area contributed by atoms with E-state index in [4.69, 9.17) is 0 Å². The molecule has 7 atom stereocenters. The van der Waals surface area contributed by atoms with Gasteiger partial charge in [-0.3, -0.25) is 0 Å². The molecule has 0 aliphatic rings. The molecule has 0 saturated carbocycles. The molecule has 1 N–H and O–H groups in total. The van der Waals surface area contributed by atoms with Gasteiger partial charge in [-0.2, -0.15) is 0 Å². The fourth-order valence-corrected chi connectivity index (χ4v) is 6.65. The molecule has 0 fully saturated rings. The van der Waals surface area contributed by atoms with Crippen molar-refractivity contribution in [3.8, 4) is 0 Å². The summed E-state index contributed by atoms with van der Waals surface area (Å²) >= 11 is 0. The Bertz CT molecular complexity index is 419. The van der Waals surface area contributed by atoms with Gasteiger partial charge in [0.15, 0.2) is 0 Å². The third-order valence-electron chi connectivity index (χ3n) is 9.31. The van der Waals surface area contributed by atoms with Gasteiger partial charge >= 0.3 is 0 Å². The Morgan fingerprint density at radius 1 is 0.688 bits per heavy atom. The Balaban J connectivity index is 5.01. The minimum absolute atomic E-state index is 0.514. The third kappa shape index (κ3) is 11.4. The molecule has 0 spiro atoms. The van der Waals surface area contributed by atoms with Crippen molar-refractivity contribution < 1.29 is 0 Å². The lowest BCUT2D eigenvalue weighted by Gasteiger charge is -2.42. The number of unbranched alkanes of at least 4 members (excludes halogenated alkanes) is 2. The van der Waals surface area contributed by atoms with Gasteiger partial charge in [0.05, 0.1) is 0 Å². The molecule has 1 heteroatoms. The maximum absolute atomic E-state index is 3.99. The molecule has 0 bridgehead atoms. The molecular formula is C31H65N. The zero-order chi connectivity index (χ0) is 24.6. The smallest absolute Gasteiger partial charge is 0.00670 e. The first-order valence-electron chi connectivity index (χ1n) is 15.0. The highest BCUT2D eigenvalue weighted by atomic mass is 14.9. The van der Waals surface area contributed by atoms with E-state index in [1.165, 1.54) is 90.0 Å². The highest BCUT2D eigenvalue weighted by molar-refractivity contribution is 4.86. The summed E-state index contributed by atoms with van der Waals surface area (Å²) in [6.07, 6.45) is 17.7. The van der Waals surface area contributed by atoms with Gasteiger partial charge in [0.1, 0.15) is 0 Å². The lowest BCUT2D eigenvalue weighted by molar-refractivity contribution is 0.0821. The van der Waals surface area contributed by atoms with Gasteiger partial charge in [-0.05, 0) is 74.2 Å². The number of hydrogen-bond acceptors (Lipinski definition) is 1. The van der Waals surface area contributed by atoms with Crippen LogP contribution in [0.4, 0.5) is 0 Å². The standard InChI is InChI=1S/C31H65N/c1-11-17-18-22-31(10,16-6)30(15-5)26(8)24-29(20-13-3)27(9)32-23-21-28(19-12-2)25(7)14-4/h25-30,32H,11-24H2,1-10H3. The van der Waals surface area contributed by atoms with Gasteiger partial charge in [0.25, 0.3) is 0 Å². The second-order valence-electron chi connectivity index (χ2n) is 11.7. The molecule has 32 heavy (non-hydrogen) atoms. The average Bonchev–Trinajstić information content (AvgIpc) is 2.78. The molecule has 0 aliphatic heterocycles. The molecule has 0 aromatic rings. The maximum atomic E-state index is 3.99. The van der Waals surface area contributed by atoms with E-state index in [1.807, 2.05) is 0 Å². The second-order valence-corrected chi connectivity index (χ2v) is 11.7. The summed E-state index contributed by atoms with van der Waals surface area (Å²) in [6, 6.07) is 0.641. The van der Waals surface area contributed by atoms with Gasteiger partial charge in [-0.25, -0.2) is 0 Å². The van der Waals surface area contributed by atoms with Crippen molar-refractivity contribution in [3.05, 3.63) is 0 Å². The minimum atomic E-state index is 0.514. The van der Waals surface area contributed by atoms with E-state index in [2.05, 4.69) is 74.6 Å². The first-order valence-corrected chi connectivity index (χ1v) is 15.0. The summed E-state index contributed by atoms with van der Waals surface area (Å²) in [5.74, 6) is 4.25. The third-order valence-corrected chi connectivity index (χ3v) is 9.31.